The molecule has 6 nitrogen and oxygen atoms in total. The van der Waals surface area contributed by atoms with Crippen LogP contribution in [0.3, 0.4) is 0 Å². The average Bonchev–Trinajstić information content (AvgIpc) is 2.55. The Kier molecular flexibility index (Phi) is 5.43. The lowest BCUT2D eigenvalue weighted by Gasteiger charge is -2.20. The lowest BCUT2D eigenvalue weighted by molar-refractivity contribution is -0.384. The SMILES string of the molecule is CC(NC(=O)c1cccc([N+](=O)[O-])c1)C(O)Cc1ccccc1. The van der Waals surface area contributed by atoms with Gasteiger partial charge in [0.2, 0.25) is 0 Å². The van der Waals surface area contributed by atoms with Crippen LogP contribution in [0.5, 0.6) is 0 Å². The highest BCUT2D eigenvalue weighted by molar-refractivity contribution is 5.95. The van der Waals surface area contributed by atoms with Crippen molar-refractivity contribution in [2.24, 2.45) is 0 Å². The molecule has 0 aliphatic carbocycles. The monoisotopic (exact) mass is 314 g/mol. The quantitative estimate of drug-likeness (QED) is 0.632. The summed E-state index contributed by atoms with van der Waals surface area (Å²) in [6.45, 7) is 1.70. The van der Waals surface area contributed by atoms with Crippen LogP contribution in [0.25, 0.3) is 0 Å². The molecule has 2 aromatic carbocycles. The average molecular weight is 314 g/mol. The van der Waals surface area contributed by atoms with E-state index >= 15 is 0 Å². The molecule has 2 unspecified atom stereocenters. The second-order valence-electron chi connectivity index (χ2n) is 5.33. The molecule has 0 spiro atoms. The number of amides is 1. The molecular formula is C17H18N2O4. The third-order valence-corrected chi connectivity index (χ3v) is 3.54. The summed E-state index contributed by atoms with van der Waals surface area (Å²) >= 11 is 0. The summed E-state index contributed by atoms with van der Waals surface area (Å²) in [5.74, 6) is -0.451. The van der Waals surface area contributed by atoms with Gasteiger partial charge in [0.05, 0.1) is 17.1 Å². The van der Waals surface area contributed by atoms with Gasteiger partial charge in [-0.2, -0.15) is 0 Å². The zero-order valence-corrected chi connectivity index (χ0v) is 12.7. The molecule has 0 radical (unpaired) electrons. The summed E-state index contributed by atoms with van der Waals surface area (Å²) in [4.78, 5) is 22.3. The van der Waals surface area contributed by atoms with Crippen LogP contribution in [0.4, 0.5) is 5.69 Å². The molecule has 0 bridgehead atoms. The first-order chi connectivity index (χ1) is 11.0. The summed E-state index contributed by atoms with van der Waals surface area (Å²) in [5, 5.41) is 23.6. The van der Waals surface area contributed by atoms with Gasteiger partial charge in [-0.25, -0.2) is 0 Å². The molecule has 2 rings (SSSR count). The number of carbonyl (C=O) groups is 1. The maximum absolute atomic E-state index is 12.1. The molecule has 120 valence electrons. The standard InChI is InChI=1S/C17H18N2O4/c1-12(16(20)10-13-6-3-2-4-7-13)18-17(21)14-8-5-9-15(11-14)19(22)23/h2-9,11-12,16,20H,10H2,1H3,(H,18,21). The van der Waals surface area contributed by atoms with E-state index in [0.29, 0.717) is 6.42 Å². The van der Waals surface area contributed by atoms with Gasteiger partial charge < -0.3 is 10.4 Å². The molecule has 0 aliphatic heterocycles. The summed E-state index contributed by atoms with van der Waals surface area (Å²) in [5.41, 5.74) is 1.02. The van der Waals surface area contributed by atoms with Gasteiger partial charge in [0, 0.05) is 24.1 Å². The number of nitro groups is 1. The Labute approximate surface area is 133 Å². The van der Waals surface area contributed by atoms with E-state index in [1.54, 1.807) is 6.92 Å². The van der Waals surface area contributed by atoms with E-state index < -0.39 is 23.0 Å². The number of hydrogen-bond donors (Lipinski definition) is 2. The third-order valence-electron chi connectivity index (χ3n) is 3.54. The number of nitrogens with one attached hydrogen (secondary N) is 1. The number of rotatable bonds is 6. The van der Waals surface area contributed by atoms with Gasteiger partial charge in [-0.3, -0.25) is 14.9 Å². The number of non-ortho nitro benzene ring substituents is 1. The summed E-state index contributed by atoms with van der Waals surface area (Å²) in [7, 11) is 0. The number of nitro benzene ring substituents is 1. The number of aliphatic hydroxyl groups excluding tert-OH is 1. The maximum Gasteiger partial charge on any atom is 0.270 e. The van der Waals surface area contributed by atoms with Crippen molar-refractivity contribution in [2.75, 3.05) is 0 Å². The fourth-order valence-corrected chi connectivity index (χ4v) is 2.18. The minimum atomic E-state index is -0.750. The van der Waals surface area contributed by atoms with Gasteiger partial charge in [0.15, 0.2) is 0 Å². The Morgan fingerprint density at radius 2 is 1.91 bits per heavy atom. The largest absolute Gasteiger partial charge is 0.391 e. The number of benzene rings is 2. The van der Waals surface area contributed by atoms with Crippen LogP contribution in [-0.4, -0.2) is 28.1 Å². The molecule has 2 aromatic rings. The van der Waals surface area contributed by atoms with Crippen molar-refractivity contribution >= 4 is 11.6 Å². The number of aliphatic hydroxyl groups is 1. The van der Waals surface area contributed by atoms with E-state index in [2.05, 4.69) is 5.32 Å². The Morgan fingerprint density at radius 1 is 1.22 bits per heavy atom. The van der Waals surface area contributed by atoms with Crippen molar-refractivity contribution in [1.29, 1.82) is 0 Å². The highest BCUT2D eigenvalue weighted by Crippen LogP contribution is 2.13. The van der Waals surface area contributed by atoms with E-state index in [1.165, 1.54) is 24.3 Å². The van der Waals surface area contributed by atoms with Crippen LogP contribution in [0.2, 0.25) is 0 Å². The molecule has 0 fully saturated rings. The molecule has 23 heavy (non-hydrogen) atoms. The Balaban J connectivity index is 1.99. The Morgan fingerprint density at radius 3 is 2.57 bits per heavy atom. The predicted molar refractivity (Wildman–Crippen MR) is 86.2 cm³/mol. The van der Waals surface area contributed by atoms with Crippen molar-refractivity contribution in [3.8, 4) is 0 Å². The van der Waals surface area contributed by atoms with Crippen molar-refractivity contribution in [1.82, 2.24) is 5.32 Å². The molecular weight excluding hydrogens is 296 g/mol. The fraction of sp³-hybridized carbons (Fsp3) is 0.235. The zero-order valence-electron chi connectivity index (χ0n) is 12.7. The molecule has 0 aliphatic rings. The lowest BCUT2D eigenvalue weighted by Crippen LogP contribution is -2.42. The number of carbonyl (C=O) groups excluding carboxylic acids is 1. The van der Waals surface area contributed by atoms with E-state index in [-0.39, 0.29) is 11.3 Å². The van der Waals surface area contributed by atoms with Crippen LogP contribution in [0.15, 0.2) is 54.6 Å². The Bertz CT molecular complexity index is 688. The van der Waals surface area contributed by atoms with E-state index in [1.807, 2.05) is 30.3 Å². The molecule has 0 heterocycles. The zero-order chi connectivity index (χ0) is 16.8. The minimum Gasteiger partial charge on any atom is -0.391 e. The first-order valence-corrected chi connectivity index (χ1v) is 7.24. The lowest BCUT2D eigenvalue weighted by atomic mass is 10.0. The van der Waals surface area contributed by atoms with Crippen LogP contribution < -0.4 is 5.32 Å². The first kappa shape index (κ1) is 16.6. The van der Waals surface area contributed by atoms with Crippen LogP contribution in [-0.2, 0) is 6.42 Å². The molecule has 0 saturated heterocycles. The maximum atomic E-state index is 12.1. The highest BCUT2D eigenvalue weighted by atomic mass is 16.6. The number of nitrogens with zero attached hydrogens (tertiary/aromatic N) is 1. The van der Waals surface area contributed by atoms with Crippen molar-refractivity contribution in [3.05, 3.63) is 75.8 Å². The van der Waals surface area contributed by atoms with Crippen LogP contribution in [0, 0.1) is 10.1 Å². The summed E-state index contributed by atoms with van der Waals surface area (Å²) in [6.07, 6.45) is -0.336. The topological polar surface area (TPSA) is 92.5 Å². The third kappa shape index (κ3) is 4.62. The second kappa shape index (κ2) is 7.51. The molecule has 0 saturated carbocycles. The molecule has 6 heteroatoms. The second-order valence-corrected chi connectivity index (χ2v) is 5.33. The Hall–Kier alpha value is -2.73. The first-order valence-electron chi connectivity index (χ1n) is 7.24. The van der Waals surface area contributed by atoms with E-state index in [0.717, 1.165) is 5.56 Å². The van der Waals surface area contributed by atoms with Crippen molar-refractivity contribution in [2.45, 2.75) is 25.5 Å². The molecule has 2 N–H and O–H groups in total. The molecule has 1 amide bonds. The van der Waals surface area contributed by atoms with E-state index in [4.69, 9.17) is 0 Å². The minimum absolute atomic E-state index is 0.143. The van der Waals surface area contributed by atoms with E-state index in [9.17, 15) is 20.0 Å². The van der Waals surface area contributed by atoms with Crippen molar-refractivity contribution < 1.29 is 14.8 Å². The van der Waals surface area contributed by atoms with Gasteiger partial charge in [-0.15, -0.1) is 0 Å². The summed E-state index contributed by atoms with van der Waals surface area (Å²) in [6, 6.07) is 14.5. The van der Waals surface area contributed by atoms with Crippen LogP contribution >= 0.6 is 0 Å². The van der Waals surface area contributed by atoms with Crippen molar-refractivity contribution in [3.63, 3.8) is 0 Å². The normalized spacial score (nSPS) is 13.1. The smallest absolute Gasteiger partial charge is 0.270 e. The van der Waals surface area contributed by atoms with Crippen LogP contribution in [0.1, 0.15) is 22.8 Å². The fourth-order valence-electron chi connectivity index (χ4n) is 2.18. The number of hydrogen-bond acceptors (Lipinski definition) is 4. The van der Waals surface area contributed by atoms with Gasteiger partial charge in [0.1, 0.15) is 0 Å². The van der Waals surface area contributed by atoms with Gasteiger partial charge >= 0.3 is 0 Å². The summed E-state index contributed by atoms with van der Waals surface area (Å²) < 4.78 is 0. The van der Waals surface area contributed by atoms with Gasteiger partial charge in [-0.1, -0.05) is 36.4 Å². The molecule has 0 aromatic heterocycles. The molecule has 2 atom stereocenters. The highest BCUT2D eigenvalue weighted by Gasteiger charge is 2.19. The predicted octanol–water partition coefficient (Wildman–Crippen LogP) is 2.32. The van der Waals surface area contributed by atoms with Gasteiger partial charge in [0.25, 0.3) is 11.6 Å². The van der Waals surface area contributed by atoms with Gasteiger partial charge in [-0.05, 0) is 18.6 Å².